The van der Waals surface area contributed by atoms with E-state index in [1.807, 2.05) is 0 Å². The molecule has 0 amide bonds. The summed E-state index contributed by atoms with van der Waals surface area (Å²) in [5.74, 6) is 0. The van der Waals surface area contributed by atoms with Crippen molar-refractivity contribution in [2.24, 2.45) is 0 Å². The molecule has 0 aromatic carbocycles. The Morgan fingerprint density at radius 1 is 1.44 bits per heavy atom. The Morgan fingerprint density at radius 2 is 2.22 bits per heavy atom. The van der Waals surface area contributed by atoms with Crippen molar-refractivity contribution < 1.29 is 0 Å². The first kappa shape index (κ1) is 5.28. The molecule has 0 bridgehead atoms. The Hall–Kier alpha value is -0.520. The number of allylic oxidation sites excluding steroid dienone is 4. The molecule has 0 N–H and O–H groups in total. The summed E-state index contributed by atoms with van der Waals surface area (Å²) in [5.41, 5.74) is 4.96. The molecule has 0 fully saturated rings. The summed E-state index contributed by atoms with van der Waals surface area (Å²) in [4.78, 5) is 0. The fraction of sp³-hybridized carbons (Fsp3) is 0.556. The zero-order chi connectivity index (χ0) is 6.27. The summed E-state index contributed by atoms with van der Waals surface area (Å²) in [5, 5.41) is 0. The lowest BCUT2D eigenvalue weighted by molar-refractivity contribution is 0.912. The largest absolute Gasteiger partial charge is 0.0810 e. The predicted molar refractivity (Wildman–Crippen MR) is 39.3 cm³/mol. The van der Waals surface area contributed by atoms with Gasteiger partial charge in [-0.15, -0.1) is 0 Å². The molecule has 0 unspecified atom stereocenters. The highest BCUT2D eigenvalue weighted by Gasteiger charge is 2.21. The van der Waals surface area contributed by atoms with E-state index in [1.165, 1.54) is 25.7 Å². The van der Waals surface area contributed by atoms with Gasteiger partial charge in [0, 0.05) is 0 Å². The second-order valence-electron chi connectivity index (χ2n) is 3.06. The maximum atomic E-state index is 2.41. The van der Waals surface area contributed by atoms with E-state index in [9.17, 15) is 0 Å². The topological polar surface area (TPSA) is 0 Å². The quantitative estimate of drug-likeness (QED) is 0.499. The third-order valence-electron chi connectivity index (χ3n) is 2.26. The van der Waals surface area contributed by atoms with Gasteiger partial charge in [0.05, 0.1) is 0 Å². The molecule has 0 nitrogen and oxygen atoms in total. The summed E-state index contributed by atoms with van der Waals surface area (Å²) in [6.07, 6.45) is 7.79. The van der Waals surface area contributed by atoms with Crippen LogP contribution in [0.25, 0.3) is 0 Å². The third kappa shape index (κ3) is 0.827. The van der Waals surface area contributed by atoms with Gasteiger partial charge in [0.25, 0.3) is 0 Å². The van der Waals surface area contributed by atoms with Crippen molar-refractivity contribution >= 4 is 0 Å². The van der Waals surface area contributed by atoms with Crippen molar-refractivity contribution in [1.29, 1.82) is 0 Å². The molecule has 2 aliphatic carbocycles. The normalized spacial score (nSPS) is 24.8. The molecule has 0 atom stereocenters. The lowest BCUT2D eigenvalue weighted by Gasteiger charge is -1.88. The SMILES string of the molecule is CC1=C(C2=CCCC2)C1. The van der Waals surface area contributed by atoms with E-state index in [0.717, 1.165) is 0 Å². The van der Waals surface area contributed by atoms with E-state index in [-0.39, 0.29) is 0 Å². The molecule has 0 aromatic heterocycles. The number of hydrogen-bond donors (Lipinski definition) is 0. The van der Waals surface area contributed by atoms with Gasteiger partial charge in [-0.05, 0) is 43.8 Å². The Kier molecular flexibility index (Phi) is 1.01. The van der Waals surface area contributed by atoms with Crippen LogP contribution in [0.1, 0.15) is 32.6 Å². The molecule has 0 spiro atoms. The molecule has 0 heterocycles. The minimum atomic E-state index is 1.31. The van der Waals surface area contributed by atoms with Gasteiger partial charge in [0.2, 0.25) is 0 Å². The molecule has 0 heteroatoms. The van der Waals surface area contributed by atoms with E-state index >= 15 is 0 Å². The molecule has 9 heavy (non-hydrogen) atoms. The van der Waals surface area contributed by atoms with Gasteiger partial charge in [-0.3, -0.25) is 0 Å². The molecular formula is C9H12. The van der Waals surface area contributed by atoms with Gasteiger partial charge in [0.1, 0.15) is 0 Å². The van der Waals surface area contributed by atoms with Crippen LogP contribution in [-0.4, -0.2) is 0 Å². The van der Waals surface area contributed by atoms with E-state index in [0.29, 0.717) is 0 Å². The van der Waals surface area contributed by atoms with Crippen LogP contribution in [0, 0.1) is 0 Å². The molecule has 0 saturated carbocycles. The maximum absolute atomic E-state index is 2.41. The average molecular weight is 120 g/mol. The van der Waals surface area contributed by atoms with Crippen LogP contribution < -0.4 is 0 Å². The Labute approximate surface area is 56.3 Å². The van der Waals surface area contributed by atoms with Crippen LogP contribution >= 0.6 is 0 Å². The first-order valence-electron chi connectivity index (χ1n) is 3.76. The van der Waals surface area contributed by atoms with Gasteiger partial charge >= 0.3 is 0 Å². The molecule has 0 saturated heterocycles. The Balaban J connectivity index is 2.15. The van der Waals surface area contributed by atoms with Crippen molar-refractivity contribution in [3.8, 4) is 0 Å². The fourth-order valence-corrected chi connectivity index (χ4v) is 1.55. The summed E-state index contributed by atoms with van der Waals surface area (Å²) in [7, 11) is 0. The standard InChI is InChI=1S/C9H12/c1-7-6-9(7)8-4-2-3-5-8/h4H,2-3,5-6H2,1H3. The Bertz CT molecular complexity index is 194. The van der Waals surface area contributed by atoms with E-state index in [4.69, 9.17) is 0 Å². The van der Waals surface area contributed by atoms with E-state index < -0.39 is 0 Å². The van der Waals surface area contributed by atoms with Gasteiger partial charge in [-0.1, -0.05) is 11.6 Å². The monoisotopic (exact) mass is 120 g/mol. The van der Waals surface area contributed by atoms with Crippen LogP contribution in [0.5, 0.6) is 0 Å². The summed E-state index contributed by atoms with van der Waals surface area (Å²) in [6.45, 7) is 2.24. The number of hydrogen-bond acceptors (Lipinski definition) is 0. The van der Waals surface area contributed by atoms with Crippen molar-refractivity contribution in [2.75, 3.05) is 0 Å². The molecular weight excluding hydrogens is 108 g/mol. The average Bonchev–Trinajstić information content (AvgIpc) is 2.44. The zero-order valence-electron chi connectivity index (χ0n) is 5.91. The zero-order valence-corrected chi connectivity index (χ0v) is 5.91. The van der Waals surface area contributed by atoms with Crippen molar-refractivity contribution in [3.05, 3.63) is 22.8 Å². The third-order valence-corrected chi connectivity index (χ3v) is 2.26. The minimum absolute atomic E-state index is 1.31. The van der Waals surface area contributed by atoms with E-state index in [2.05, 4.69) is 13.0 Å². The highest BCUT2D eigenvalue weighted by atomic mass is 14.3. The van der Waals surface area contributed by atoms with Crippen LogP contribution in [0.3, 0.4) is 0 Å². The summed E-state index contributed by atoms with van der Waals surface area (Å²) in [6, 6.07) is 0. The molecule has 0 radical (unpaired) electrons. The smallest absolute Gasteiger partial charge is 0.00617 e. The van der Waals surface area contributed by atoms with Crippen LogP contribution in [0.2, 0.25) is 0 Å². The second-order valence-corrected chi connectivity index (χ2v) is 3.06. The van der Waals surface area contributed by atoms with Crippen LogP contribution in [-0.2, 0) is 0 Å². The summed E-state index contributed by atoms with van der Waals surface area (Å²) >= 11 is 0. The highest BCUT2D eigenvalue weighted by Crippen LogP contribution is 2.40. The molecule has 48 valence electrons. The molecule has 0 aromatic rings. The maximum Gasteiger partial charge on any atom is -0.00617 e. The van der Waals surface area contributed by atoms with Gasteiger partial charge < -0.3 is 0 Å². The first-order valence-corrected chi connectivity index (χ1v) is 3.76. The number of rotatable bonds is 1. The first-order chi connectivity index (χ1) is 4.38. The summed E-state index contributed by atoms with van der Waals surface area (Å²) < 4.78 is 0. The Morgan fingerprint density at radius 3 is 2.67 bits per heavy atom. The lowest BCUT2D eigenvalue weighted by Crippen LogP contribution is -1.69. The van der Waals surface area contributed by atoms with Crippen LogP contribution in [0.15, 0.2) is 22.8 Å². The molecule has 2 aliphatic rings. The second kappa shape index (κ2) is 1.73. The minimum Gasteiger partial charge on any atom is -0.0810 e. The predicted octanol–water partition coefficient (Wildman–Crippen LogP) is 2.82. The fourth-order valence-electron chi connectivity index (χ4n) is 1.55. The van der Waals surface area contributed by atoms with Gasteiger partial charge in [-0.25, -0.2) is 0 Å². The molecule has 0 aliphatic heterocycles. The van der Waals surface area contributed by atoms with Crippen molar-refractivity contribution in [3.63, 3.8) is 0 Å². The van der Waals surface area contributed by atoms with Crippen LogP contribution in [0.4, 0.5) is 0 Å². The highest BCUT2D eigenvalue weighted by molar-refractivity contribution is 5.49. The van der Waals surface area contributed by atoms with Gasteiger partial charge in [0.15, 0.2) is 0 Å². The van der Waals surface area contributed by atoms with E-state index in [1.54, 1.807) is 16.7 Å². The molecule has 2 rings (SSSR count). The van der Waals surface area contributed by atoms with Crippen molar-refractivity contribution in [1.82, 2.24) is 0 Å². The lowest BCUT2D eigenvalue weighted by atomic mass is 10.2. The van der Waals surface area contributed by atoms with Crippen molar-refractivity contribution in [2.45, 2.75) is 32.6 Å². The van der Waals surface area contributed by atoms with Gasteiger partial charge in [-0.2, -0.15) is 0 Å².